The van der Waals surface area contributed by atoms with Crippen LogP contribution in [0.15, 0.2) is 84.9 Å². The predicted octanol–water partition coefficient (Wildman–Crippen LogP) is 10.2. The first-order valence-corrected chi connectivity index (χ1v) is 13.6. The van der Waals surface area contributed by atoms with Crippen molar-refractivity contribution in [1.29, 1.82) is 0 Å². The Hall–Kier alpha value is -3.60. The number of unbranched alkanes of at least 4 members (excludes halogenated alkanes) is 2. The van der Waals surface area contributed by atoms with Gasteiger partial charge >= 0.3 is 6.11 Å². The number of rotatable bonds is 12. The van der Waals surface area contributed by atoms with Crippen molar-refractivity contribution in [2.45, 2.75) is 64.9 Å². The van der Waals surface area contributed by atoms with Gasteiger partial charge in [0.25, 0.3) is 0 Å². The summed E-state index contributed by atoms with van der Waals surface area (Å²) in [7, 11) is 0. The Labute approximate surface area is 228 Å². The van der Waals surface area contributed by atoms with Crippen LogP contribution in [0.5, 0.6) is 5.75 Å². The van der Waals surface area contributed by atoms with Gasteiger partial charge in [-0.25, -0.2) is 8.78 Å². The van der Waals surface area contributed by atoms with Crippen molar-refractivity contribution in [2.24, 2.45) is 0 Å². The smallest absolute Gasteiger partial charge is 0.398 e. The summed E-state index contributed by atoms with van der Waals surface area (Å²) >= 11 is 0. The van der Waals surface area contributed by atoms with E-state index in [1.807, 2.05) is 31.2 Å². The summed E-state index contributed by atoms with van der Waals surface area (Å²) in [5, 5.41) is 0. The molecule has 0 spiro atoms. The summed E-state index contributed by atoms with van der Waals surface area (Å²) in [6, 6.07) is 24.6. The maximum atomic E-state index is 14.8. The molecule has 204 valence electrons. The van der Waals surface area contributed by atoms with E-state index in [9.17, 15) is 17.6 Å². The van der Waals surface area contributed by atoms with Crippen LogP contribution in [0.1, 0.15) is 56.2 Å². The number of aryl methyl sites for hydroxylation is 2. The Kier molecular flexibility index (Phi) is 9.45. The van der Waals surface area contributed by atoms with Gasteiger partial charge in [-0.2, -0.15) is 8.78 Å². The van der Waals surface area contributed by atoms with Gasteiger partial charge in [-0.05, 0) is 83.3 Å². The van der Waals surface area contributed by atoms with Gasteiger partial charge in [-0.15, -0.1) is 0 Å². The molecule has 0 bridgehead atoms. The van der Waals surface area contributed by atoms with Crippen molar-refractivity contribution in [2.75, 3.05) is 0 Å². The molecule has 4 rings (SSSR count). The molecule has 0 amide bonds. The summed E-state index contributed by atoms with van der Waals surface area (Å²) in [5.41, 5.74) is 5.00. The van der Waals surface area contributed by atoms with Crippen molar-refractivity contribution in [3.05, 3.63) is 113 Å². The number of ether oxygens (including phenoxy) is 1. The Morgan fingerprint density at radius 2 is 1.13 bits per heavy atom. The number of hydrogen-bond donors (Lipinski definition) is 0. The Morgan fingerprint density at radius 3 is 1.67 bits per heavy atom. The van der Waals surface area contributed by atoms with Crippen LogP contribution in [0, 0.1) is 11.6 Å². The summed E-state index contributed by atoms with van der Waals surface area (Å²) in [4.78, 5) is 0. The molecule has 0 atom stereocenters. The molecule has 1 nitrogen and oxygen atoms in total. The lowest BCUT2D eigenvalue weighted by molar-refractivity contribution is -0.180. The van der Waals surface area contributed by atoms with Crippen LogP contribution in [-0.4, -0.2) is 6.11 Å². The van der Waals surface area contributed by atoms with E-state index in [4.69, 9.17) is 4.74 Å². The maximum Gasteiger partial charge on any atom is 0.398 e. The number of hydrogen-bond acceptors (Lipinski definition) is 1. The van der Waals surface area contributed by atoms with Crippen LogP contribution in [0.4, 0.5) is 17.6 Å². The zero-order valence-electron chi connectivity index (χ0n) is 22.5. The van der Waals surface area contributed by atoms with E-state index in [1.54, 1.807) is 12.1 Å². The fourth-order valence-electron chi connectivity index (χ4n) is 4.59. The van der Waals surface area contributed by atoms with Crippen LogP contribution < -0.4 is 4.74 Å². The highest BCUT2D eigenvalue weighted by Gasteiger charge is 2.32. The molecule has 4 aromatic carbocycles. The lowest BCUT2D eigenvalue weighted by Crippen LogP contribution is -2.25. The number of benzene rings is 4. The lowest BCUT2D eigenvalue weighted by atomic mass is 9.97. The number of halogens is 4. The second kappa shape index (κ2) is 13.0. The fourth-order valence-corrected chi connectivity index (χ4v) is 4.59. The highest BCUT2D eigenvalue weighted by atomic mass is 19.3. The quantitative estimate of drug-likeness (QED) is 0.130. The Morgan fingerprint density at radius 1 is 0.615 bits per heavy atom. The highest BCUT2D eigenvalue weighted by molar-refractivity contribution is 5.70. The molecule has 0 fully saturated rings. The third-order valence-corrected chi connectivity index (χ3v) is 6.98. The van der Waals surface area contributed by atoms with E-state index in [1.165, 1.54) is 49.1 Å². The van der Waals surface area contributed by atoms with Gasteiger partial charge in [0.15, 0.2) is 0 Å². The molecule has 0 heterocycles. The first kappa shape index (κ1) is 28.4. The van der Waals surface area contributed by atoms with Gasteiger partial charge in [0.1, 0.15) is 17.4 Å². The van der Waals surface area contributed by atoms with E-state index >= 15 is 0 Å². The molecule has 0 aliphatic carbocycles. The van der Waals surface area contributed by atoms with Crippen molar-refractivity contribution in [3.63, 3.8) is 0 Å². The summed E-state index contributed by atoms with van der Waals surface area (Å²) < 4.78 is 63.3. The average molecular weight is 535 g/mol. The van der Waals surface area contributed by atoms with Gasteiger partial charge in [0.2, 0.25) is 0 Å². The van der Waals surface area contributed by atoms with Gasteiger partial charge in [-0.3, -0.25) is 0 Å². The molecule has 0 aliphatic rings. The average Bonchev–Trinajstić information content (AvgIpc) is 2.93. The van der Waals surface area contributed by atoms with Crippen LogP contribution in [0.3, 0.4) is 0 Å². The van der Waals surface area contributed by atoms with Gasteiger partial charge in [-0.1, -0.05) is 87.4 Å². The van der Waals surface area contributed by atoms with Gasteiger partial charge in [0, 0.05) is 5.56 Å². The standard InChI is InChI=1S/C34H34F4O/c1-3-5-6-7-25-8-12-26(13-9-25)27-14-16-28(17-15-27)29-22-32(35)31(33(36)23-29)20-21-34(37,38)39-30-18-10-24(4-2)11-19-30/h8-19,22-23H,3-7,20-21H2,1-2H3. The molecule has 0 unspecified atom stereocenters. The molecular formula is C34H34F4O. The first-order chi connectivity index (χ1) is 18.8. The van der Waals surface area contributed by atoms with Crippen molar-refractivity contribution in [3.8, 4) is 28.0 Å². The van der Waals surface area contributed by atoms with Crippen LogP contribution in [0.25, 0.3) is 22.3 Å². The molecule has 0 saturated heterocycles. The summed E-state index contributed by atoms with van der Waals surface area (Å²) in [6.07, 6.45) is 0.545. The molecule has 0 radical (unpaired) electrons. The van der Waals surface area contributed by atoms with Gasteiger partial charge < -0.3 is 4.74 Å². The van der Waals surface area contributed by atoms with Crippen molar-refractivity contribution < 1.29 is 22.3 Å². The largest absolute Gasteiger partial charge is 0.433 e. The second-order valence-corrected chi connectivity index (χ2v) is 9.89. The van der Waals surface area contributed by atoms with Crippen molar-refractivity contribution in [1.82, 2.24) is 0 Å². The second-order valence-electron chi connectivity index (χ2n) is 9.89. The molecule has 0 N–H and O–H groups in total. The molecule has 0 aromatic heterocycles. The maximum absolute atomic E-state index is 14.8. The highest BCUT2D eigenvalue weighted by Crippen LogP contribution is 2.31. The topological polar surface area (TPSA) is 9.23 Å². The molecule has 39 heavy (non-hydrogen) atoms. The Bertz CT molecular complexity index is 1320. The minimum atomic E-state index is -3.56. The minimum Gasteiger partial charge on any atom is -0.433 e. The zero-order chi connectivity index (χ0) is 27.8. The van der Waals surface area contributed by atoms with Crippen LogP contribution in [0.2, 0.25) is 0 Å². The van der Waals surface area contributed by atoms with E-state index in [0.29, 0.717) is 11.1 Å². The molecule has 5 heteroatoms. The van der Waals surface area contributed by atoms with E-state index in [-0.39, 0.29) is 11.3 Å². The summed E-state index contributed by atoms with van der Waals surface area (Å²) in [5.74, 6) is -1.69. The zero-order valence-corrected chi connectivity index (χ0v) is 22.5. The van der Waals surface area contributed by atoms with E-state index < -0.39 is 30.6 Å². The predicted molar refractivity (Wildman–Crippen MR) is 150 cm³/mol. The minimum absolute atomic E-state index is 0.0138. The normalized spacial score (nSPS) is 11.5. The third kappa shape index (κ3) is 7.72. The summed E-state index contributed by atoms with van der Waals surface area (Å²) in [6.45, 7) is 4.15. The first-order valence-electron chi connectivity index (χ1n) is 13.6. The van der Waals surface area contributed by atoms with Gasteiger partial charge in [0.05, 0.1) is 6.42 Å². The lowest BCUT2D eigenvalue weighted by Gasteiger charge is -2.18. The molecular weight excluding hydrogens is 500 g/mol. The fraction of sp³-hybridized carbons (Fsp3) is 0.294. The van der Waals surface area contributed by atoms with Crippen molar-refractivity contribution >= 4 is 0 Å². The SMILES string of the molecule is CCCCCc1ccc(-c2ccc(-c3cc(F)c(CCC(F)(F)Oc4ccc(CC)cc4)c(F)c3)cc2)cc1. The monoisotopic (exact) mass is 534 g/mol. The molecule has 0 saturated carbocycles. The van der Waals surface area contributed by atoms with Crippen LogP contribution in [-0.2, 0) is 19.3 Å². The third-order valence-electron chi connectivity index (χ3n) is 6.98. The van der Waals surface area contributed by atoms with E-state index in [0.717, 1.165) is 29.5 Å². The van der Waals surface area contributed by atoms with E-state index in [2.05, 4.69) is 31.2 Å². The van der Waals surface area contributed by atoms with Crippen LogP contribution >= 0.6 is 0 Å². The number of alkyl halides is 2. The Balaban J connectivity index is 1.41. The molecule has 4 aromatic rings. The molecule has 0 aliphatic heterocycles.